The third-order valence-electron chi connectivity index (χ3n) is 6.28. The molecule has 0 bridgehead atoms. The maximum absolute atomic E-state index is 16.7. The predicted octanol–water partition coefficient (Wildman–Crippen LogP) is 7.37. The minimum absolute atomic E-state index is 0.264. The van der Waals surface area contributed by atoms with E-state index in [1.807, 2.05) is 0 Å². The Kier molecular flexibility index (Phi) is 7.07. The third kappa shape index (κ3) is 3.75. The minimum Gasteiger partial charge on any atom is -0.237 e. The van der Waals surface area contributed by atoms with Gasteiger partial charge in [0, 0.05) is 39.0 Å². The van der Waals surface area contributed by atoms with Crippen LogP contribution in [0.25, 0.3) is 42.5 Å². The molecule has 0 saturated heterocycles. The highest BCUT2D eigenvalue weighted by Gasteiger charge is 2.42. The lowest BCUT2D eigenvalue weighted by Gasteiger charge is -2.15. The lowest BCUT2D eigenvalue weighted by molar-refractivity contribution is 0.461. The van der Waals surface area contributed by atoms with Crippen molar-refractivity contribution in [1.82, 2.24) is 4.98 Å². The summed E-state index contributed by atoms with van der Waals surface area (Å²) in [5, 5.41) is 29.2. The Balaban J connectivity index is 2.32. The molecule has 0 aliphatic heterocycles. The van der Waals surface area contributed by atoms with Gasteiger partial charge in [0.15, 0.2) is 17.5 Å². The van der Waals surface area contributed by atoms with Crippen LogP contribution in [0.3, 0.4) is 0 Å². The van der Waals surface area contributed by atoms with Crippen molar-refractivity contribution in [2.24, 2.45) is 0 Å². The molecule has 0 fully saturated rings. The van der Waals surface area contributed by atoms with Gasteiger partial charge in [0.2, 0.25) is 11.6 Å². The average Bonchev–Trinajstić information content (AvgIpc) is 3.49. The van der Waals surface area contributed by atoms with Crippen LogP contribution in [0, 0.1) is 77.1 Å². The van der Waals surface area contributed by atoms with Gasteiger partial charge in [0.1, 0.15) is 18.2 Å². The number of rotatable bonds is 3. The minimum atomic E-state index is -1.92. The Bertz CT molecular complexity index is 2090. The molecule has 0 saturated carbocycles. The number of hydrogen-bond acceptors (Lipinski definition) is 4. The largest absolute Gasteiger partial charge is 0.270 e. The van der Waals surface area contributed by atoms with Gasteiger partial charge < -0.3 is 0 Å². The van der Waals surface area contributed by atoms with E-state index in [1.165, 1.54) is 12.1 Å². The molecule has 0 N–H and O–H groups in total. The van der Waals surface area contributed by atoms with Crippen LogP contribution >= 0.6 is 0 Å². The molecule has 1 heterocycles. The van der Waals surface area contributed by atoms with E-state index in [2.05, 4.69) is 26.1 Å². The highest BCUT2D eigenvalue weighted by molar-refractivity contribution is 6.25. The Morgan fingerprint density at radius 2 is 1.50 bits per heavy atom. The summed E-state index contributed by atoms with van der Waals surface area (Å²) >= 11 is 0. The summed E-state index contributed by atoms with van der Waals surface area (Å²) in [4.78, 5) is 12.0. The van der Waals surface area contributed by atoms with Crippen LogP contribution in [-0.4, -0.2) is 4.98 Å². The van der Waals surface area contributed by atoms with E-state index in [4.69, 9.17) is 19.7 Å². The molecule has 198 valence electrons. The van der Waals surface area contributed by atoms with Gasteiger partial charge in [-0.15, -0.1) is 0 Å². The predicted molar refractivity (Wildman–Crippen MR) is 134 cm³/mol. The fourth-order valence-electron chi connectivity index (χ4n) is 4.67. The summed E-state index contributed by atoms with van der Waals surface area (Å²) < 4.78 is 88.2. The summed E-state index contributed by atoms with van der Waals surface area (Å²) in [6, 6.07) is 5.47. The zero-order chi connectivity index (χ0) is 31.0. The number of allylic oxidation sites excluding steroid dienone is 9. The van der Waals surface area contributed by atoms with Crippen molar-refractivity contribution in [1.29, 1.82) is 15.8 Å². The topological polar surface area (TPSA) is 97.3 Å². The Morgan fingerprint density at radius 3 is 2.02 bits per heavy atom. The monoisotopic (exact) mass is 565 g/mol. The standard InChI is InChI=1S/C29H5F6N7/c1-11(15(31)6-30)19-14(7-36)12-5-13-21(26(33)20(12)23(19)17(8-37)39-2)24(18(9-38)40-3)25(28(13)41-4)22-16(32)10-42-29(35)27(22)34/h5-6,10H,1H2/b15-6?,23-17-,24-18-. The van der Waals surface area contributed by atoms with Crippen LogP contribution in [0.2, 0.25) is 0 Å². The molecule has 7 nitrogen and oxygen atoms in total. The molecule has 0 amide bonds. The number of fused-ring (bicyclic) bond motifs is 2. The molecule has 0 radical (unpaired) electrons. The van der Waals surface area contributed by atoms with Crippen molar-refractivity contribution >= 4 is 28.0 Å². The van der Waals surface area contributed by atoms with Crippen LogP contribution in [-0.2, 0) is 0 Å². The number of nitriles is 3. The molecule has 1 aromatic carbocycles. The smallest absolute Gasteiger partial charge is 0.237 e. The lowest BCUT2D eigenvalue weighted by atomic mass is 9.90. The van der Waals surface area contributed by atoms with Crippen molar-refractivity contribution < 1.29 is 26.3 Å². The Morgan fingerprint density at radius 1 is 0.905 bits per heavy atom. The third-order valence-corrected chi connectivity index (χ3v) is 6.28. The fourth-order valence-corrected chi connectivity index (χ4v) is 4.67. The van der Waals surface area contributed by atoms with Gasteiger partial charge in [-0.2, -0.15) is 9.65 Å². The number of pyridine rings is 1. The van der Waals surface area contributed by atoms with E-state index in [0.29, 0.717) is 0 Å². The van der Waals surface area contributed by atoms with Crippen molar-refractivity contribution in [2.75, 3.05) is 0 Å². The summed E-state index contributed by atoms with van der Waals surface area (Å²) in [7, 11) is 0. The first-order chi connectivity index (χ1) is 20.1. The second-order valence-corrected chi connectivity index (χ2v) is 8.15. The molecule has 0 unspecified atom stereocenters. The molecule has 2 aliphatic carbocycles. The zero-order valence-electron chi connectivity index (χ0n) is 20.3. The van der Waals surface area contributed by atoms with Gasteiger partial charge in [-0.1, -0.05) is 12.6 Å². The van der Waals surface area contributed by atoms with Gasteiger partial charge in [-0.25, -0.2) is 52.0 Å². The molecule has 1 aromatic heterocycles. The molecule has 0 spiro atoms. The molecule has 4 rings (SSSR count). The highest BCUT2D eigenvalue weighted by atomic mass is 19.2. The Hall–Kier alpha value is -6.67. The van der Waals surface area contributed by atoms with Crippen molar-refractivity contribution in [2.45, 2.75) is 0 Å². The number of aromatic nitrogens is 1. The second kappa shape index (κ2) is 10.5. The number of nitrogens with zero attached hydrogens (tertiary/aromatic N) is 7. The van der Waals surface area contributed by atoms with Crippen molar-refractivity contribution in [3.63, 3.8) is 0 Å². The lowest BCUT2D eigenvalue weighted by Crippen LogP contribution is -2.04. The summed E-state index contributed by atoms with van der Waals surface area (Å²) in [6.07, 6.45) is -0.260. The van der Waals surface area contributed by atoms with Gasteiger partial charge >= 0.3 is 0 Å². The van der Waals surface area contributed by atoms with E-state index < -0.39 is 114 Å². The number of benzene rings is 1. The molecule has 2 aromatic rings. The molecule has 2 aliphatic rings. The van der Waals surface area contributed by atoms with E-state index in [-0.39, 0.29) is 6.20 Å². The molecular formula is C29H5F6N7. The maximum atomic E-state index is 16.7. The first-order valence-electron chi connectivity index (χ1n) is 10.9. The van der Waals surface area contributed by atoms with Gasteiger partial charge in [0.25, 0.3) is 11.4 Å². The summed E-state index contributed by atoms with van der Waals surface area (Å²) in [5.41, 5.74) is -10.9. The molecule has 42 heavy (non-hydrogen) atoms. The van der Waals surface area contributed by atoms with Gasteiger partial charge in [-0.05, 0) is 16.7 Å². The van der Waals surface area contributed by atoms with E-state index in [1.54, 1.807) is 6.07 Å². The number of halogens is 6. The van der Waals surface area contributed by atoms with Crippen LogP contribution in [0.4, 0.5) is 26.3 Å². The van der Waals surface area contributed by atoms with Crippen LogP contribution < -0.4 is 0 Å². The molecule has 0 atom stereocenters. The maximum Gasteiger partial charge on any atom is 0.270 e. The van der Waals surface area contributed by atoms with Crippen LogP contribution in [0.5, 0.6) is 0 Å². The highest BCUT2D eigenvalue weighted by Crippen LogP contribution is 2.56. The van der Waals surface area contributed by atoms with E-state index >= 15 is 4.39 Å². The van der Waals surface area contributed by atoms with Crippen molar-refractivity contribution in [3.8, 4) is 18.2 Å². The SMILES string of the molecule is [C-]#[N+]C1=C(c2c(F)cnc(F)c2F)/C(=C(/C#N)[N+]#[C-])c2c1cc1c(c2F)/C(=C(/C#N)[N+]#[C-])C(C(=C)C(F)=CF)=C1C#N. The Labute approximate surface area is 232 Å². The fraction of sp³-hybridized carbons (Fsp3) is 0. The number of hydrogen-bond donors (Lipinski definition) is 0. The van der Waals surface area contributed by atoms with E-state index in [0.717, 1.165) is 6.07 Å². The molecule has 13 heteroatoms. The molecular weight excluding hydrogens is 560 g/mol. The first kappa shape index (κ1) is 28.3. The van der Waals surface area contributed by atoms with Crippen LogP contribution in [0.1, 0.15) is 27.8 Å². The average molecular weight is 565 g/mol. The van der Waals surface area contributed by atoms with Crippen molar-refractivity contribution in [3.05, 3.63) is 139 Å². The zero-order valence-corrected chi connectivity index (χ0v) is 20.3. The van der Waals surface area contributed by atoms with Gasteiger partial charge in [0.05, 0.1) is 43.6 Å². The quantitative estimate of drug-likeness (QED) is 0.128. The summed E-state index contributed by atoms with van der Waals surface area (Å²) in [5.74, 6) is -8.39. The summed E-state index contributed by atoms with van der Waals surface area (Å²) in [6.45, 7) is 25.8. The first-order valence-corrected chi connectivity index (χ1v) is 10.9. The normalized spacial score (nSPS) is 15.9. The van der Waals surface area contributed by atoms with Crippen LogP contribution in [0.15, 0.2) is 53.5 Å². The van der Waals surface area contributed by atoms with E-state index in [9.17, 15) is 37.7 Å². The second-order valence-electron chi connectivity index (χ2n) is 8.15. The van der Waals surface area contributed by atoms with Gasteiger partial charge in [-0.3, -0.25) is 0 Å².